The van der Waals surface area contributed by atoms with Crippen LogP contribution in [0.5, 0.6) is 0 Å². The van der Waals surface area contributed by atoms with Gasteiger partial charge in [-0.05, 0) is 18.8 Å². The van der Waals surface area contributed by atoms with Crippen LogP contribution in [0.4, 0.5) is 0 Å². The van der Waals surface area contributed by atoms with Crippen LogP contribution >= 0.6 is 0 Å². The Labute approximate surface area is 107 Å². The third kappa shape index (κ3) is 5.01. The van der Waals surface area contributed by atoms with Crippen LogP contribution in [-0.2, 0) is 14.3 Å². The molecule has 1 fully saturated rings. The molecule has 1 rings (SSSR count). The van der Waals surface area contributed by atoms with Crippen LogP contribution in [0.2, 0.25) is 0 Å². The summed E-state index contributed by atoms with van der Waals surface area (Å²) in [4.78, 5) is 23.7. The standard InChI is InChI=1S/C12H22N2O4/c1-8(2)5-14(7-11(13)15)6-9-3-4-10(18-9)12(16)17/h8-10H,3-7H2,1-2H3,(H2,13,15)(H,16,17). The Hall–Kier alpha value is -1.14. The summed E-state index contributed by atoms with van der Waals surface area (Å²) in [5, 5.41) is 8.84. The van der Waals surface area contributed by atoms with Crippen molar-refractivity contribution in [3.8, 4) is 0 Å². The van der Waals surface area contributed by atoms with E-state index in [1.807, 2.05) is 4.90 Å². The first-order valence-electron chi connectivity index (χ1n) is 6.27. The number of carbonyl (C=O) groups is 2. The van der Waals surface area contributed by atoms with Crippen LogP contribution in [0.15, 0.2) is 0 Å². The SMILES string of the molecule is CC(C)CN(CC(N)=O)CC1CCC(C(=O)O)O1. The quantitative estimate of drug-likeness (QED) is 0.673. The Kier molecular flexibility index (Phi) is 5.55. The summed E-state index contributed by atoms with van der Waals surface area (Å²) >= 11 is 0. The van der Waals surface area contributed by atoms with Crippen LogP contribution in [0.25, 0.3) is 0 Å². The van der Waals surface area contributed by atoms with Crippen molar-refractivity contribution >= 4 is 11.9 Å². The highest BCUT2D eigenvalue weighted by molar-refractivity contribution is 5.76. The Bertz CT molecular complexity index is 306. The van der Waals surface area contributed by atoms with E-state index in [1.54, 1.807) is 0 Å². The van der Waals surface area contributed by atoms with Gasteiger partial charge >= 0.3 is 5.97 Å². The van der Waals surface area contributed by atoms with Crippen molar-refractivity contribution in [2.45, 2.75) is 38.9 Å². The molecule has 18 heavy (non-hydrogen) atoms. The van der Waals surface area contributed by atoms with Gasteiger partial charge in [-0.25, -0.2) is 4.79 Å². The van der Waals surface area contributed by atoms with Crippen LogP contribution < -0.4 is 5.73 Å². The molecule has 0 aliphatic carbocycles. The molecule has 0 bridgehead atoms. The van der Waals surface area contributed by atoms with Gasteiger partial charge in [0.15, 0.2) is 6.10 Å². The molecule has 1 aliphatic rings. The Balaban J connectivity index is 2.45. The number of aliphatic carboxylic acids is 1. The summed E-state index contributed by atoms with van der Waals surface area (Å²) < 4.78 is 5.42. The number of hydrogen-bond donors (Lipinski definition) is 2. The van der Waals surface area contributed by atoms with Gasteiger partial charge in [0.2, 0.25) is 5.91 Å². The van der Waals surface area contributed by atoms with Crippen molar-refractivity contribution in [3.05, 3.63) is 0 Å². The maximum absolute atomic E-state index is 11.0. The molecule has 0 aromatic heterocycles. The summed E-state index contributed by atoms with van der Waals surface area (Å²) in [6.07, 6.45) is 0.421. The predicted molar refractivity (Wildman–Crippen MR) is 66.0 cm³/mol. The summed E-state index contributed by atoms with van der Waals surface area (Å²) in [6, 6.07) is 0. The highest BCUT2D eigenvalue weighted by atomic mass is 16.5. The molecule has 6 nitrogen and oxygen atoms in total. The molecular weight excluding hydrogens is 236 g/mol. The second-order valence-corrected chi connectivity index (χ2v) is 5.22. The molecule has 2 atom stereocenters. The molecule has 104 valence electrons. The molecule has 0 saturated carbocycles. The molecule has 0 spiro atoms. The Morgan fingerprint density at radius 2 is 2.11 bits per heavy atom. The summed E-state index contributed by atoms with van der Waals surface area (Å²) in [6.45, 7) is 5.62. The lowest BCUT2D eigenvalue weighted by Crippen LogP contribution is -2.41. The van der Waals surface area contributed by atoms with E-state index < -0.39 is 12.1 Å². The predicted octanol–water partition coefficient (Wildman–Crippen LogP) is 0.0619. The van der Waals surface area contributed by atoms with E-state index in [2.05, 4.69) is 13.8 Å². The molecule has 1 saturated heterocycles. The Morgan fingerprint density at radius 3 is 2.56 bits per heavy atom. The molecule has 2 unspecified atom stereocenters. The molecule has 1 heterocycles. The molecule has 1 aliphatic heterocycles. The summed E-state index contributed by atoms with van der Waals surface area (Å²) in [5.74, 6) is -0.868. The van der Waals surface area contributed by atoms with E-state index in [0.29, 0.717) is 25.3 Å². The van der Waals surface area contributed by atoms with Gasteiger partial charge in [0, 0.05) is 13.1 Å². The van der Waals surface area contributed by atoms with E-state index in [9.17, 15) is 9.59 Å². The fourth-order valence-corrected chi connectivity index (χ4v) is 2.25. The largest absolute Gasteiger partial charge is 0.479 e. The van der Waals surface area contributed by atoms with Crippen LogP contribution in [-0.4, -0.2) is 53.7 Å². The first-order chi connectivity index (χ1) is 8.38. The first-order valence-corrected chi connectivity index (χ1v) is 6.27. The van der Waals surface area contributed by atoms with Crippen molar-refractivity contribution in [1.82, 2.24) is 4.90 Å². The van der Waals surface area contributed by atoms with Crippen LogP contribution in [0, 0.1) is 5.92 Å². The zero-order valence-electron chi connectivity index (χ0n) is 11.0. The van der Waals surface area contributed by atoms with E-state index in [1.165, 1.54) is 0 Å². The summed E-state index contributed by atoms with van der Waals surface area (Å²) in [5.41, 5.74) is 5.20. The van der Waals surface area contributed by atoms with Gasteiger partial charge in [0.1, 0.15) is 0 Å². The number of nitrogens with zero attached hydrogens (tertiary/aromatic N) is 1. The van der Waals surface area contributed by atoms with Gasteiger partial charge in [0.25, 0.3) is 0 Å². The van der Waals surface area contributed by atoms with Crippen molar-refractivity contribution in [3.63, 3.8) is 0 Å². The maximum atomic E-state index is 11.0. The number of carbonyl (C=O) groups excluding carboxylic acids is 1. The highest BCUT2D eigenvalue weighted by Gasteiger charge is 2.31. The molecule has 0 radical (unpaired) electrons. The van der Waals surface area contributed by atoms with Crippen LogP contribution in [0.3, 0.4) is 0 Å². The lowest BCUT2D eigenvalue weighted by Gasteiger charge is -2.25. The number of primary amides is 1. The lowest BCUT2D eigenvalue weighted by molar-refractivity contribution is -0.149. The Morgan fingerprint density at radius 1 is 1.44 bits per heavy atom. The van der Waals surface area contributed by atoms with Gasteiger partial charge in [-0.3, -0.25) is 9.69 Å². The first kappa shape index (κ1) is 14.9. The minimum absolute atomic E-state index is 0.121. The minimum Gasteiger partial charge on any atom is -0.479 e. The van der Waals surface area contributed by atoms with E-state index in [0.717, 1.165) is 6.54 Å². The number of amides is 1. The van der Waals surface area contributed by atoms with E-state index in [4.69, 9.17) is 15.6 Å². The third-order valence-corrected chi connectivity index (χ3v) is 2.85. The minimum atomic E-state index is -0.914. The topological polar surface area (TPSA) is 92.9 Å². The van der Waals surface area contributed by atoms with Gasteiger partial charge in [-0.1, -0.05) is 13.8 Å². The van der Waals surface area contributed by atoms with Crippen molar-refractivity contribution in [1.29, 1.82) is 0 Å². The normalized spacial score (nSPS) is 23.8. The number of hydrogen-bond acceptors (Lipinski definition) is 4. The van der Waals surface area contributed by atoms with Gasteiger partial charge in [0.05, 0.1) is 12.6 Å². The number of nitrogens with two attached hydrogens (primary N) is 1. The van der Waals surface area contributed by atoms with Crippen LogP contribution in [0.1, 0.15) is 26.7 Å². The molecule has 3 N–H and O–H groups in total. The summed E-state index contributed by atoms with van der Waals surface area (Å²) in [7, 11) is 0. The van der Waals surface area contributed by atoms with Gasteiger partial charge in [-0.15, -0.1) is 0 Å². The third-order valence-electron chi connectivity index (χ3n) is 2.85. The molecule has 0 aromatic rings. The smallest absolute Gasteiger partial charge is 0.332 e. The maximum Gasteiger partial charge on any atom is 0.332 e. The average Bonchev–Trinajstić information content (AvgIpc) is 2.63. The second kappa shape index (κ2) is 6.70. The number of carboxylic acids is 1. The average molecular weight is 258 g/mol. The van der Waals surface area contributed by atoms with E-state index in [-0.39, 0.29) is 18.6 Å². The van der Waals surface area contributed by atoms with Gasteiger partial charge in [-0.2, -0.15) is 0 Å². The van der Waals surface area contributed by atoms with E-state index >= 15 is 0 Å². The number of rotatable bonds is 7. The van der Waals surface area contributed by atoms with Gasteiger partial charge < -0.3 is 15.6 Å². The zero-order valence-corrected chi connectivity index (χ0v) is 11.0. The monoisotopic (exact) mass is 258 g/mol. The van der Waals surface area contributed by atoms with Crippen molar-refractivity contribution in [2.75, 3.05) is 19.6 Å². The van der Waals surface area contributed by atoms with Crippen molar-refractivity contribution in [2.24, 2.45) is 11.7 Å². The number of carboxylic acid groups (broad SMARTS) is 1. The second-order valence-electron chi connectivity index (χ2n) is 5.22. The molecule has 6 heteroatoms. The lowest BCUT2D eigenvalue weighted by atomic mass is 10.1. The number of ether oxygens (including phenoxy) is 1. The molecule has 1 amide bonds. The zero-order chi connectivity index (χ0) is 13.7. The molecular formula is C12H22N2O4. The fourth-order valence-electron chi connectivity index (χ4n) is 2.25. The van der Waals surface area contributed by atoms with Crippen molar-refractivity contribution < 1.29 is 19.4 Å². The fraction of sp³-hybridized carbons (Fsp3) is 0.833. The molecule has 0 aromatic carbocycles. The highest BCUT2D eigenvalue weighted by Crippen LogP contribution is 2.21.